The molecule has 0 aromatic rings. The molecule has 7 atom stereocenters. The molecule has 0 aromatic carbocycles. The van der Waals surface area contributed by atoms with Crippen LogP contribution in [0.5, 0.6) is 0 Å². The highest BCUT2D eigenvalue weighted by Crippen LogP contribution is 2.52. The topological polar surface area (TPSA) is 94.5 Å². The number of ether oxygens (including phenoxy) is 4. The summed E-state index contributed by atoms with van der Waals surface area (Å²) in [7, 11) is 0. The molecule has 2 aliphatic carbocycles. The average molecular weight is 567 g/mol. The van der Waals surface area contributed by atoms with E-state index in [1.165, 1.54) is 44.9 Å². The van der Waals surface area contributed by atoms with E-state index in [1.54, 1.807) is 0 Å². The van der Waals surface area contributed by atoms with Crippen LogP contribution in [-0.4, -0.2) is 60.3 Å². The quantitative estimate of drug-likeness (QED) is 0.167. The minimum absolute atomic E-state index is 0.0228. The summed E-state index contributed by atoms with van der Waals surface area (Å²) in [5.74, 6) is -0.205. The smallest absolute Gasteiger partial charge is 0.303 e. The summed E-state index contributed by atoms with van der Waals surface area (Å²) in [4.78, 5) is 10.9. The van der Waals surface area contributed by atoms with Gasteiger partial charge in [-0.2, -0.15) is 0 Å². The number of hydrogen-bond acceptors (Lipinski definition) is 6. The van der Waals surface area contributed by atoms with Crippen molar-refractivity contribution in [2.75, 3.05) is 13.2 Å². The van der Waals surface area contributed by atoms with E-state index in [0.29, 0.717) is 12.3 Å². The van der Waals surface area contributed by atoms with Crippen molar-refractivity contribution in [1.82, 2.24) is 0 Å². The van der Waals surface area contributed by atoms with E-state index in [2.05, 4.69) is 6.92 Å². The highest BCUT2D eigenvalue weighted by atomic mass is 16.7. The van der Waals surface area contributed by atoms with Gasteiger partial charge in [0.15, 0.2) is 12.6 Å². The van der Waals surface area contributed by atoms with Gasteiger partial charge >= 0.3 is 5.97 Å². The summed E-state index contributed by atoms with van der Waals surface area (Å²) in [6.07, 6.45) is 21.3. The molecule has 0 spiro atoms. The van der Waals surface area contributed by atoms with Crippen LogP contribution >= 0.6 is 0 Å². The third-order valence-corrected chi connectivity index (χ3v) is 10.4. The summed E-state index contributed by atoms with van der Waals surface area (Å²) in [6.45, 7) is 3.86. The third-order valence-electron chi connectivity index (χ3n) is 10.4. The van der Waals surface area contributed by atoms with Crippen molar-refractivity contribution in [3.05, 3.63) is 0 Å². The van der Waals surface area contributed by atoms with Crippen molar-refractivity contribution in [2.24, 2.45) is 17.3 Å². The Balaban J connectivity index is 1.41. The molecule has 0 bridgehead atoms. The molecule has 40 heavy (non-hydrogen) atoms. The highest BCUT2D eigenvalue weighted by molar-refractivity contribution is 5.66. The zero-order valence-corrected chi connectivity index (χ0v) is 25.2. The molecule has 7 nitrogen and oxygen atoms in total. The van der Waals surface area contributed by atoms with Gasteiger partial charge in [0.05, 0.1) is 18.3 Å². The molecule has 7 heteroatoms. The van der Waals surface area contributed by atoms with E-state index in [9.17, 15) is 9.90 Å². The predicted octanol–water partition coefficient (Wildman–Crippen LogP) is 7.37. The maximum Gasteiger partial charge on any atom is 0.303 e. The monoisotopic (exact) mass is 566 g/mol. The van der Waals surface area contributed by atoms with Gasteiger partial charge < -0.3 is 29.2 Å². The second-order valence-electron chi connectivity index (χ2n) is 13.3. The van der Waals surface area contributed by atoms with Crippen LogP contribution in [0.3, 0.4) is 0 Å². The number of aliphatic hydroxyl groups excluding tert-OH is 1. The van der Waals surface area contributed by atoms with E-state index < -0.39 is 5.97 Å². The largest absolute Gasteiger partial charge is 0.481 e. The van der Waals surface area contributed by atoms with Gasteiger partial charge in [0.1, 0.15) is 0 Å². The van der Waals surface area contributed by atoms with Crippen LogP contribution in [0.15, 0.2) is 0 Å². The first-order chi connectivity index (χ1) is 19.5. The Morgan fingerprint density at radius 2 is 1.62 bits per heavy atom. The van der Waals surface area contributed by atoms with E-state index >= 15 is 0 Å². The third kappa shape index (κ3) is 9.39. The zero-order valence-electron chi connectivity index (χ0n) is 25.2. The maximum absolute atomic E-state index is 11.2. The van der Waals surface area contributed by atoms with Crippen molar-refractivity contribution >= 4 is 5.97 Å². The normalized spacial score (nSPS) is 33.0. The molecule has 2 unspecified atom stereocenters. The van der Waals surface area contributed by atoms with E-state index in [-0.39, 0.29) is 48.6 Å². The van der Waals surface area contributed by atoms with Crippen molar-refractivity contribution in [3.63, 3.8) is 0 Å². The van der Waals surface area contributed by atoms with Crippen molar-refractivity contribution in [1.29, 1.82) is 0 Å². The standard InChI is InChI=1S/C33H58O7/c1-2-3-19-33(20-12-21-33)29(40-32-16-9-11-23-38-32)18-17-26-25(13-6-4-5-7-14-30(35)36)27(34)24-28(26)39-31-15-8-10-22-37-31/h25-29,31-32,34H,2-24H2,1H3,(H,35,36)/t25-,26-,27+,28-,29-,31?,32?/m1/s1. The lowest BCUT2D eigenvalue weighted by Crippen LogP contribution is -2.46. The van der Waals surface area contributed by atoms with Gasteiger partial charge in [0.2, 0.25) is 0 Å². The number of aliphatic hydroxyl groups is 1. The van der Waals surface area contributed by atoms with E-state index in [4.69, 9.17) is 24.1 Å². The van der Waals surface area contributed by atoms with Gasteiger partial charge in [-0.05, 0) is 101 Å². The molecule has 2 N–H and O–H groups in total. The molecule has 0 radical (unpaired) electrons. The fraction of sp³-hybridized carbons (Fsp3) is 0.970. The molecule has 4 rings (SSSR count). The molecular formula is C33H58O7. The summed E-state index contributed by atoms with van der Waals surface area (Å²) >= 11 is 0. The van der Waals surface area contributed by atoms with E-state index in [0.717, 1.165) is 90.3 Å². The van der Waals surface area contributed by atoms with Crippen LogP contribution in [-0.2, 0) is 23.7 Å². The summed E-state index contributed by atoms with van der Waals surface area (Å²) in [6, 6.07) is 0. The number of hydrogen-bond donors (Lipinski definition) is 2. The maximum atomic E-state index is 11.2. The molecule has 2 aliphatic heterocycles. The van der Waals surface area contributed by atoms with Crippen molar-refractivity contribution in [2.45, 2.75) is 173 Å². The minimum Gasteiger partial charge on any atom is -0.481 e. The minimum atomic E-state index is -0.713. The molecule has 0 amide bonds. The van der Waals surface area contributed by atoms with Gasteiger partial charge in [0, 0.05) is 26.1 Å². The number of carbonyl (C=O) groups is 1. The fourth-order valence-electron chi connectivity index (χ4n) is 7.89. The Morgan fingerprint density at radius 1 is 0.900 bits per heavy atom. The lowest BCUT2D eigenvalue weighted by atomic mass is 9.61. The molecule has 4 aliphatic rings. The molecule has 232 valence electrons. The second-order valence-corrected chi connectivity index (χ2v) is 13.3. The lowest BCUT2D eigenvalue weighted by Gasteiger charge is -2.49. The zero-order chi connectivity index (χ0) is 28.2. The molecule has 4 fully saturated rings. The Kier molecular flexibility index (Phi) is 13.5. The highest BCUT2D eigenvalue weighted by Gasteiger charge is 2.48. The first kappa shape index (κ1) is 32.2. The molecule has 2 saturated heterocycles. The molecular weight excluding hydrogens is 508 g/mol. The van der Waals surface area contributed by atoms with E-state index in [1.807, 2.05) is 0 Å². The Bertz CT molecular complexity index is 714. The van der Waals surface area contributed by atoms with Gasteiger partial charge in [-0.3, -0.25) is 4.79 Å². The number of rotatable bonds is 18. The SMILES string of the molecule is CCCCC1([C@@H](CC[C@@H]2[C@@H](CCCCCCC(=O)O)[C@@H](O)C[C@H]2OC2CCCCO2)OC2CCCCO2)CCC1. The second kappa shape index (κ2) is 16.8. The summed E-state index contributed by atoms with van der Waals surface area (Å²) in [5.41, 5.74) is 0.274. The van der Waals surface area contributed by atoms with Crippen LogP contribution in [0, 0.1) is 17.3 Å². The van der Waals surface area contributed by atoms with Gasteiger partial charge in [-0.1, -0.05) is 45.4 Å². The first-order valence-electron chi connectivity index (χ1n) is 16.9. The van der Waals surface area contributed by atoms with Crippen LogP contribution in [0.25, 0.3) is 0 Å². The van der Waals surface area contributed by atoms with Crippen LogP contribution in [0.2, 0.25) is 0 Å². The van der Waals surface area contributed by atoms with Crippen molar-refractivity contribution in [3.8, 4) is 0 Å². The Labute approximate surface area is 243 Å². The Hall–Kier alpha value is -0.730. The number of aliphatic carboxylic acids is 1. The van der Waals surface area contributed by atoms with Gasteiger partial charge in [-0.15, -0.1) is 0 Å². The average Bonchev–Trinajstić information content (AvgIpc) is 3.22. The van der Waals surface area contributed by atoms with Crippen molar-refractivity contribution < 1.29 is 34.0 Å². The summed E-state index contributed by atoms with van der Waals surface area (Å²) < 4.78 is 25.5. The number of carboxylic acids is 1. The van der Waals surface area contributed by atoms with Crippen LogP contribution < -0.4 is 0 Å². The molecule has 2 heterocycles. The lowest BCUT2D eigenvalue weighted by molar-refractivity contribution is -0.228. The number of unbranched alkanes of at least 4 members (excludes halogenated alkanes) is 4. The number of carboxylic acid groups (broad SMARTS) is 1. The van der Waals surface area contributed by atoms with Gasteiger partial charge in [0.25, 0.3) is 0 Å². The molecule has 0 aromatic heterocycles. The molecule has 2 saturated carbocycles. The first-order valence-corrected chi connectivity index (χ1v) is 16.9. The van der Waals surface area contributed by atoms with Crippen LogP contribution in [0.1, 0.15) is 142 Å². The predicted molar refractivity (Wildman–Crippen MR) is 155 cm³/mol. The summed E-state index contributed by atoms with van der Waals surface area (Å²) in [5, 5.41) is 20.2. The van der Waals surface area contributed by atoms with Gasteiger partial charge in [-0.25, -0.2) is 0 Å². The Morgan fingerprint density at radius 3 is 2.25 bits per heavy atom. The van der Waals surface area contributed by atoms with Crippen LogP contribution in [0.4, 0.5) is 0 Å². The fourth-order valence-corrected chi connectivity index (χ4v) is 7.89.